The zero-order chi connectivity index (χ0) is 17.1. The molecule has 1 aliphatic heterocycles. The van der Waals surface area contributed by atoms with Crippen LogP contribution in [0.25, 0.3) is 0 Å². The van der Waals surface area contributed by atoms with Crippen LogP contribution in [0.1, 0.15) is 29.5 Å². The first kappa shape index (κ1) is 16.6. The van der Waals surface area contributed by atoms with Crippen LogP contribution in [0, 0.1) is 13.8 Å². The van der Waals surface area contributed by atoms with E-state index in [1.807, 2.05) is 25.6 Å². The van der Waals surface area contributed by atoms with Crippen LogP contribution < -0.4 is 10.6 Å². The summed E-state index contributed by atoms with van der Waals surface area (Å²) in [5.41, 5.74) is 3.96. The van der Waals surface area contributed by atoms with Gasteiger partial charge in [0.05, 0.1) is 12.2 Å². The summed E-state index contributed by atoms with van der Waals surface area (Å²) in [6.07, 6.45) is 4.11. The van der Waals surface area contributed by atoms with Gasteiger partial charge in [0.25, 0.3) is 0 Å². The minimum atomic E-state index is -0.0773. The summed E-state index contributed by atoms with van der Waals surface area (Å²) in [7, 11) is 1.94. The van der Waals surface area contributed by atoms with Gasteiger partial charge in [-0.25, -0.2) is 0 Å². The third-order valence-electron chi connectivity index (χ3n) is 4.43. The molecule has 3 heterocycles. The Morgan fingerprint density at radius 2 is 2.12 bits per heavy atom. The molecule has 1 fully saturated rings. The molecule has 2 atom stereocenters. The molecule has 1 amide bonds. The molecule has 0 saturated carbocycles. The minimum absolute atomic E-state index is 0.0626. The maximum Gasteiger partial charge on any atom is 0.238 e. The van der Waals surface area contributed by atoms with Gasteiger partial charge in [-0.1, -0.05) is 0 Å². The molecule has 0 unspecified atom stereocenters. The summed E-state index contributed by atoms with van der Waals surface area (Å²) in [4.78, 5) is 16.0. The summed E-state index contributed by atoms with van der Waals surface area (Å²) < 4.78 is 7.80. The van der Waals surface area contributed by atoms with Gasteiger partial charge in [-0.2, -0.15) is 5.10 Å². The van der Waals surface area contributed by atoms with E-state index in [4.69, 9.17) is 4.74 Å². The normalized spacial score (nSPS) is 20.3. The fourth-order valence-electron chi connectivity index (χ4n) is 3.15. The molecule has 7 heteroatoms. The fourth-order valence-corrected chi connectivity index (χ4v) is 3.15. The van der Waals surface area contributed by atoms with E-state index in [2.05, 4.69) is 20.7 Å². The second-order valence-electron chi connectivity index (χ2n) is 6.06. The predicted octanol–water partition coefficient (Wildman–Crippen LogP) is 1.49. The summed E-state index contributed by atoms with van der Waals surface area (Å²) in [5.74, 6) is -0.0773. The molecule has 2 N–H and O–H groups in total. The number of hydrogen-bond donors (Lipinski definition) is 2. The molecule has 0 bridgehead atoms. The highest BCUT2D eigenvalue weighted by Gasteiger charge is 2.33. The van der Waals surface area contributed by atoms with Crippen LogP contribution >= 0.6 is 0 Å². The highest BCUT2D eigenvalue weighted by Crippen LogP contribution is 2.33. The summed E-state index contributed by atoms with van der Waals surface area (Å²) >= 11 is 0. The van der Waals surface area contributed by atoms with Crippen molar-refractivity contribution in [1.82, 2.24) is 20.1 Å². The van der Waals surface area contributed by atoms with Gasteiger partial charge >= 0.3 is 0 Å². The standard InChI is InChI=1S/C17H23N5O2/c1-11-16(12(2)22(3)21-11)17-14(6-9-24-17)19-10-15(23)20-13-4-7-18-8-5-13/h4-5,7-8,14,17,19H,6,9-10H2,1-3H3,(H,18,20,23)/t14-,17-/m0/s1. The molecule has 128 valence electrons. The quantitative estimate of drug-likeness (QED) is 0.869. The average Bonchev–Trinajstić information content (AvgIpc) is 3.11. The van der Waals surface area contributed by atoms with Crippen molar-refractivity contribution in [2.75, 3.05) is 18.5 Å². The van der Waals surface area contributed by atoms with Gasteiger partial charge in [0.1, 0.15) is 6.10 Å². The second kappa shape index (κ2) is 7.11. The number of anilines is 1. The van der Waals surface area contributed by atoms with Gasteiger partial charge in [-0.05, 0) is 32.4 Å². The van der Waals surface area contributed by atoms with E-state index in [0.717, 1.165) is 29.1 Å². The highest BCUT2D eigenvalue weighted by atomic mass is 16.5. The van der Waals surface area contributed by atoms with Crippen molar-refractivity contribution >= 4 is 11.6 Å². The molecule has 24 heavy (non-hydrogen) atoms. The largest absolute Gasteiger partial charge is 0.372 e. The number of rotatable bonds is 5. The van der Waals surface area contributed by atoms with Crippen LogP contribution in [0.3, 0.4) is 0 Å². The van der Waals surface area contributed by atoms with E-state index >= 15 is 0 Å². The van der Waals surface area contributed by atoms with Gasteiger partial charge in [0, 0.05) is 49.0 Å². The Morgan fingerprint density at radius 3 is 2.79 bits per heavy atom. The Bertz CT molecular complexity index is 713. The van der Waals surface area contributed by atoms with Crippen LogP contribution in [0.5, 0.6) is 0 Å². The number of pyridine rings is 1. The molecule has 0 aromatic carbocycles. The fraction of sp³-hybridized carbons (Fsp3) is 0.471. The van der Waals surface area contributed by atoms with Crippen molar-refractivity contribution in [3.05, 3.63) is 41.5 Å². The van der Waals surface area contributed by atoms with E-state index in [1.165, 1.54) is 0 Å². The minimum Gasteiger partial charge on any atom is -0.372 e. The number of aryl methyl sites for hydroxylation is 2. The van der Waals surface area contributed by atoms with E-state index in [-0.39, 0.29) is 24.6 Å². The SMILES string of the molecule is Cc1nn(C)c(C)c1[C@H]1OCC[C@@H]1NCC(=O)Nc1ccncc1. The van der Waals surface area contributed by atoms with Crippen LogP contribution in [0.15, 0.2) is 24.5 Å². The summed E-state index contributed by atoms with van der Waals surface area (Å²) in [5, 5.41) is 10.6. The van der Waals surface area contributed by atoms with Gasteiger partial charge in [0.2, 0.25) is 5.91 Å². The lowest BCUT2D eigenvalue weighted by Gasteiger charge is -2.20. The number of carbonyl (C=O) groups excluding carboxylic acids is 1. The van der Waals surface area contributed by atoms with Crippen LogP contribution in [0.4, 0.5) is 5.69 Å². The Hall–Kier alpha value is -2.25. The summed E-state index contributed by atoms with van der Waals surface area (Å²) in [6, 6.07) is 3.64. The third-order valence-corrected chi connectivity index (χ3v) is 4.43. The number of carbonyl (C=O) groups is 1. The number of aromatic nitrogens is 3. The molecule has 3 rings (SSSR count). The van der Waals surface area contributed by atoms with Crippen LogP contribution in [-0.4, -0.2) is 39.9 Å². The molecule has 7 nitrogen and oxygen atoms in total. The molecular formula is C17H23N5O2. The van der Waals surface area contributed by atoms with Crippen molar-refractivity contribution < 1.29 is 9.53 Å². The van der Waals surface area contributed by atoms with Crippen LogP contribution in [0.2, 0.25) is 0 Å². The molecule has 2 aromatic heterocycles. The topological polar surface area (TPSA) is 81.1 Å². The molecular weight excluding hydrogens is 306 g/mol. The third kappa shape index (κ3) is 3.47. The zero-order valence-electron chi connectivity index (χ0n) is 14.2. The highest BCUT2D eigenvalue weighted by molar-refractivity contribution is 5.92. The maximum absolute atomic E-state index is 12.1. The molecule has 1 aliphatic rings. The van der Waals surface area contributed by atoms with Crippen molar-refractivity contribution in [2.24, 2.45) is 7.05 Å². The number of nitrogens with zero attached hydrogens (tertiary/aromatic N) is 3. The van der Waals surface area contributed by atoms with Crippen molar-refractivity contribution in [3.8, 4) is 0 Å². The zero-order valence-corrected chi connectivity index (χ0v) is 14.2. The van der Waals surface area contributed by atoms with Gasteiger partial charge in [-0.3, -0.25) is 14.5 Å². The first-order chi connectivity index (χ1) is 11.6. The Morgan fingerprint density at radius 1 is 1.38 bits per heavy atom. The monoisotopic (exact) mass is 329 g/mol. The Labute approximate surface area is 141 Å². The molecule has 0 aliphatic carbocycles. The first-order valence-electron chi connectivity index (χ1n) is 8.11. The molecule has 0 spiro atoms. The van der Waals surface area contributed by atoms with E-state index < -0.39 is 0 Å². The lowest BCUT2D eigenvalue weighted by Crippen LogP contribution is -2.38. The van der Waals surface area contributed by atoms with Crippen molar-refractivity contribution in [2.45, 2.75) is 32.4 Å². The Kier molecular flexibility index (Phi) is 4.92. The maximum atomic E-state index is 12.1. The van der Waals surface area contributed by atoms with Gasteiger partial charge < -0.3 is 15.4 Å². The molecule has 2 aromatic rings. The van der Waals surface area contributed by atoms with Gasteiger partial charge in [-0.15, -0.1) is 0 Å². The Balaban J connectivity index is 1.61. The molecule has 1 saturated heterocycles. The van der Waals surface area contributed by atoms with E-state index in [0.29, 0.717) is 6.61 Å². The smallest absolute Gasteiger partial charge is 0.238 e. The lowest BCUT2D eigenvalue weighted by atomic mass is 10.0. The number of hydrogen-bond acceptors (Lipinski definition) is 5. The number of nitrogens with one attached hydrogen (secondary N) is 2. The lowest BCUT2D eigenvalue weighted by molar-refractivity contribution is -0.115. The van der Waals surface area contributed by atoms with Gasteiger partial charge in [0.15, 0.2) is 0 Å². The number of amides is 1. The van der Waals surface area contributed by atoms with Crippen LogP contribution in [-0.2, 0) is 16.6 Å². The average molecular weight is 329 g/mol. The predicted molar refractivity (Wildman–Crippen MR) is 90.6 cm³/mol. The first-order valence-corrected chi connectivity index (χ1v) is 8.11. The van der Waals surface area contributed by atoms with Crippen molar-refractivity contribution in [1.29, 1.82) is 0 Å². The van der Waals surface area contributed by atoms with E-state index in [9.17, 15) is 4.79 Å². The van der Waals surface area contributed by atoms with Crippen molar-refractivity contribution in [3.63, 3.8) is 0 Å². The summed E-state index contributed by atoms with van der Waals surface area (Å²) in [6.45, 7) is 4.97. The van der Waals surface area contributed by atoms with E-state index in [1.54, 1.807) is 24.5 Å². The molecule has 0 radical (unpaired) electrons. The number of ether oxygens (including phenoxy) is 1. The second-order valence-corrected chi connectivity index (χ2v) is 6.06.